The van der Waals surface area contributed by atoms with Gasteiger partial charge in [-0.3, -0.25) is 19.4 Å². The second-order valence-electron chi connectivity index (χ2n) is 7.37. The number of hydrogen-bond donors (Lipinski definition) is 2. The molecular weight excluding hydrogens is 368 g/mol. The normalized spacial score (nSPS) is 13.7. The van der Waals surface area contributed by atoms with Crippen LogP contribution in [0.4, 0.5) is 11.4 Å². The fourth-order valence-electron chi connectivity index (χ4n) is 3.73. The Morgan fingerprint density at radius 1 is 1.14 bits per heavy atom. The first-order valence-electron chi connectivity index (χ1n) is 9.63. The Morgan fingerprint density at radius 3 is 2.62 bits per heavy atom. The monoisotopic (exact) mass is 390 g/mol. The average Bonchev–Trinajstić information content (AvgIpc) is 3.22. The molecule has 1 aliphatic heterocycles. The highest BCUT2D eigenvalue weighted by Crippen LogP contribution is 2.26. The first-order chi connectivity index (χ1) is 13.9. The predicted molar refractivity (Wildman–Crippen MR) is 113 cm³/mol. The van der Waals surface area contributed by atoms with Crippen LogP contribution in [0.1, 0.15) is 46.2 Å². The van der Waals surface area contributed by atoms with Crippen molar-refractivity contribution < 1.29 is 9.59 Å². The Labute approximate surface area is 167 Å². The molecule has 0 saturated carbocycles. The van der Waals surface area contributed by atoms with Crippen LogP contribution in [0, 0.1) is 6.92 Å². The lowest BCUT2D eigenvalue weighted by Gasteiger charge is -2.21. The molecular formula is C22H22N4O3. The topological polar surface area (TPSA) is 95.2 Å². The van der Waals surface area contributed by atoms with Gasteiger partial charge in [0, 0.05) is 42.7 Å². The number of ketones is 1. The zero-order valence-corrected chi connectivity index (χ0v) is 16.4. The van der Waals surface area contributed by atoms with Gasteiger partial charge in [0.25, 0.3) is 5.91 Å². The molecule has 3 aromatic rings. The number of pyridine rings is 2. The number of anilines is 2. The second-order valence-corrected chi connectivity index (χ2v) is 7.37. The molecule has 1 aliphatic rings. The van der Waals surface area contributed by atoms with Crippen molar-refractivity contribution >= 4 is 34.0 Å². The van der Waals surface area contributed by atoms with E-state index in [0.717, 1.165) is 42.6 Å². The Morgan fingerprint density at radius 2 is 1.90 bits per heavy atom. The van der Waals surface area contributed by atoms with E-state index >= 15 is 0 Å². The molecule has 0 radical (unpaired) electrons. The van der Waals surface area contributed by atoms with Crippen LogP contribution in [0.15, 0.2) is 41.3 Å². The summed E-state index contributed by atoms with van der Waals surface area (Å²) < 4.78 is 0. The number of hydrogen-bond acceptors (Lipinski definition) is 5. The Hall–Kier alpha value is -3.48. The first kappa shape index (κ1) is 18.9. The highest BCUT2D eigenvalue weighted by atomic mass is 16.2. The van der Waals surface area contributed by atoms with Crippen molar-refractivity contribution in [3.8, 4) is 0 Å². The fourth-order valence-corrected chi connectivity index (χ4v) is 3.73. The molecule has 7 nitrogen and oxygen atoms in total. The van der Waals surface area contributed by atoms with Gasteiger partial charge >= 0.3 is 0 Å². The third-order valence-corrected chi connectivity index (χ3v) is 5.24. The number of amides is 1. The van der Waals surface area contributed by atoms with Crippen molar-refractivity contribution in [3.63, 3.8) is 0 Å². The van der Waals surface area contributed by atoms with Crippen LogP contribution in [0.5, 0.6) is 0 Å². The number of aryl methyl sites for hydroxylation is 1. The van der Waals surface area contributed by atoms with E-state index in [1.807, 2.05) is 13.0 Å². The number of carbonyl (C=O) groups excluding carboxylic acids is 2. The summed E-state index contributed by atoms with van der Waals surface area (Å²) in [4.78, 5) is 45.7. The van der Waals surface area contributed by atoms with Gasteiger partial charge in [0.15, 0.2) is 5.78 Å². The van der Waals surface area contributed by atoms with Crippen LogP contribution in [0.25, 0.3) is 10.9 Å². The highest BCUT2D eigenvalue weighted by Gasteiger charge is 2.22. The van der Waals surface area contributed by atoms with Crippen molar-refractivity contribution in [2.75, 3.05) is 23.3 Å². The lowest BCUT2D eigenvalue weighted by atomic mass is 10.1. The quantitative estimate of drug-likeness (QED) is 0.667. The summed E-state index contributed by atoms with van der Waals surface area (Å²) in [6, 6.07) is 8.45. The molecule has 0 bridgehead atoms. The average molecular weight is 390 g/mol. The summed E-state index contributed by atoms with van der Waals surface area (Å²) in [5.41, 5.74) is 3.46. The zero-order chi connectivity index (χ0) is 20.5. The number of aromatic amines is 1. The number of aromatic nitrogens is 2. The Kier molecular flexibility index (Phi) is 4.88. The van der Waals surface area contributed by atoms with Gasteiger partial charge in [-0.05, 0) is 49.6 Å². The van der Waals surface area contributed by atoms with Crippen molar-refractivity contribution in [3.05, 3.63) is 63.7 Å². The first-order valence-corrected chi connectivity index (χ1v) is 9.63. The van der Waals surface area contributed by atoms with E-state index in [-0.39, 0.29) is 22.9 Å². The molecule has 29 heavy (non-hydrogen) atoms. The number of Topliss-reactive ketones (excluding diaryl/α,β-unsaturated/α-hetero) is 1. The van der Waals surface area contributed by atoms with E-state index in [1.165, 1.54) is 13.0 Å². The number of nitrogens with zero attached hydrogens (tertiary/aromatic N) is 2. The molecule has 0 atom stereocenters. The molecule has 1 amide bonds. The standard InChI is InChI=1S/C22H22N4O3/c1-13-9-21(28)25-18-6-5-15(10-16(13)18)24-22(29)17-11-19(14(2)27)23-12-20(17)26-7-3-4-8-26/h5-6,9-12H,3-4,7-8H2,1-2H3,(H,24,29)(H,25,28). The molecule has 0 aliphatic carbocycles. The maximum atomic E-state index is 13.1. The minimum Gasteiger partial charge on any atom is -0.370 e. The maximum Gasteiger partial charge on any atom is 0.257 e. The van der Waals surface area contributed by atoms with Gasteiger partial charge in [-0.2, -0.15) is 0 Å². The van der Waals surface area contributed by atoms with Crippen LogP contribution in [0.3, 0.4) is 0 Å². The highest BCUT2D eigenvalue weighted by molar-refractivity contribution is 6.10. The molecule has 4 rings (SSSR count). The number of H-pyrrole nitrogens is 1. The van der Waals surface area contributed by atoms with Crippen molar-refractivity contribution in [1.29, 1.82) is 0 Å². The molecule has 1 saturated heterocycles. The number of nitrogens with one attached hydrogen (secondary N) is 2. The molecule has 2 N–H and O–H groups in total. The summed E-state index contributed by atoms with van der Waals surface area (Å²) in [6.07, 6.45) is 3.75. The minimum absolute atomic E-state index is 0.157. The van der Waals surface area contributed by atoms with E-state index in [9.17, 15) is 14.4 Å². The Bertz CT molecular complexity index is 1180. The van der Waals surface area contributed by atoms with Crippen molar-refractivity contribution in [2.24, 2.45) is 0 Å². The number of rotatable bonds is 4. The number of benzene rings is 1. The SMILES string of the molecule is CC(=O)c1cc(C(=O)Nc2ccc3[nH]c(=O)cc(C)c3c2)c(N2CCCC2)cn1. The molecule has 0 unspecified atom stereocenters. The van der Waals surface area contributed by atoms with Gasteiger partial charge in [0.05, 0.1) is 17.4 Å². The van der Waals surface area contributed by atoms with Crippen LogP contribution in [0.2, 0.25) is 0 Å². The van der Waals surface area contributed by atoms with E-state index < -0.39 is 0 Å². The van der Waals surface area contributed by atoms with E-state index in [1.54, 1.807) is 24.4 Å². The summed E-state index contributed by atoms with van der Waals surface area (Å²) in [7, 11) is 0. The van der Waals surface area contributed by atoms with Gasteiger partial charge in [-0.1, -0.05) is 0 Å². The van der Waals surface area contributed by atoms with Gasteiger partial charge in [-0.25, -0.2) is 0 Å². The lowest BCUT2D eigenvalue weighted by molar-refractivity contribution is 0.101. The minimum atomic E-state index is -0.293. The fraction of sp³-hybridized carbons (Fsp3) is 0.273. The smallest absolute Gasteiger partial charge is 0.257 e. The number of carbonyl (C=O) groups is 2. The molecule has 3 heterocycles. The predicted octanol–water partition coefficient (Wildman–Crippen LogP) is 3.29. The molecule has 0 spiro atoms. The molecule has 1 fully saturated rings. The van der Waals surface area contributed by atoms with Crippen LogP contribution in [-0.2, 0) is 0 Å². The van der Waals surface area contributed by atoms with Gasteiger partial charge in [0.2, 0.25) is 5.56 Å². The summed E-state index contributed by atoms with van der Waals surface area (Å²) >= 11 is 0. The van der Waals surface area contributed by atoms with Crippen molar-refractivity contribution in [2.45, 2.75) is 26.7 Å². The molecule has 7 heteroatoms. The van der Waals surface area contributed by atoms with E-state index in [0.29, 0.717) is 16.8 Å². The second kappa shape index (κ2) is 7.50. The van der Waals surface area contributed by atoms with Crippen LogP contribution in [-0.4, -0.2) is 34.7 Å². The zero-order valence-electron chi connectivity index (χ0n) is 16.4. The third-order valence-electron chi connectivity index (χ3n) is 5.24. The van der Waals surface area contributed by atoms with Gasteiger partial charge in [0.1, 0.15) is 5.69 Å². The van der Waals surface area contributed by atoms with Gasteiger partial charge in [-0.15, -0.1) is 0 Å². The molecule has 1 aromatic carbocycles. The van der Waals surface area contributed by atoms with E-state index in [2.05, 4.69) is 20.2 Å². The van der Waals surface area contributed by atoms with E-state index in [4.69, 9.17) is 0 Å². The summed E-state index contributed by atoms with van der Waals surface area (Å²) in [5, 5.41) is 3.79. The van der Waals surface area contributed by atoms with Crippen molar-refractivity contribution in [1.82, 2.24) is 9.97 Å². The largest absolute Gasteiger partial charge is 0.370 e. The lowest BCUT2D eigenvalue weighted by Crippen LogP contribution is -2.24. The summed E-state index contributed by atoms with van der Waals surface area (Å²) in [5.74, 6) is -0.476. The number of fused-ring (bicyclic) bond motifs is 1. The molecule has 148 valence electrons. The summed E-state index contributed by atoms with van der Waals surface area (Å²) in [6.45, 7) is 5.02. The maximum absolute atomic E-state index is 13.1. The molecule has 2 aromatic heterocycles. The Balaban J connectivity index is 1.70. The van der Waals surface area contributed by atoms with Crippen LogP contribution < -0.4 is 15.8 Å². The van der Waals surface area contributed by atoms with Gasteiger partial charge < -0.3 is 15.2 Å². The van der Waals surface area contributed by atoms with Crippen LogP contribution >= 0.6 is 0 Å². The third kappa shape index (κ3) is 3.76.